The molecule has 0 fully saturated rings. The van der Waals surface area contributed by atoms with Gasteiger partial charge in [-0.05, 0) is 257 Å². The Bertz CT molecular complexity index is 3080. The van der Waals surface area contributed by atoms with Gasteiger partial charge in [0.05, 0.1) is 0 Å². The molecular weight excluding hydrogens is 1560 g/mol. The summed E-state index contributed by atoms with van der Waals surface area (Å²) >= 11 is 0. The van der Waals surface area contributed by atoms with Crippen molar-refractivity contribution in [3.63, 3.8) is 0 Å². The standard InChI is InChI=1S/C23H38.C22H38.2C22H36.C21H32.C20H32/c1-3-5-7-9-11-13-15-17-19-21-23-22-20-18-16-14-12-10-8-6-4-2;3*1-3-5-7-9-11-13-15-17-19-21-22-20-18-16-14-12-10-8-6-4-2;1-3-5-7-9-11-13-15-17-19-21-20-18-16-14-12-10-8-6-4-2;1-3-5-7-9-11-13-15-17-19-20-18-16-14-12-10-8-6-4-2/h9,11-12,14-15,17-18,20-21,23H,3-8,10,13,16,19,22H2,1-2H3;11,13-14,16-17,19-20,22H,3-10,12,15,18,21H2,1-2H3;7,9,12-15,18-21H,3-6,8,10-11,16-17,22H2,1-2H3;5,7,11,13-14,16-17,19-20,22H,3-4,6,8-10,12,15,18,21H2,1-2H3;5,7-8,10-11,13-17,20-21H,3-4,6,9,12,18-19H2,1-2H3;5,7,10-13,16-19H,3-4,6,8-9,14-15,20H2,1-2H3. The molecule has 0 saturated heterocycles. The van der Waals surface area contributed by atoms with E-state index in [2.05, 4.69) is 448 Å². The summed E-state index contributed by atoms with van der Waals surface area (Å²) in [5.41, 5.74) is 0. The molecule has 0 radical (unpaired) electrons. The lowest BCUT2D eigenvalue weighted by Gasteiger charge is -1.93. The van der Waals surface area contributed by atoms with Gasteiger partial charge in [-0.2, -0.15) is 0 Å². The lowest BCUT2D eigenvalue weighted by Crippen LogP contribution is -1.73. The van der Waals surface area contributed by atoms with E-state index in [0.717, 1.165) is 167 Å². The van der Waals surface area contributed by atoms with Crippen LogP contribution in [0.4, 0.5) is 0 Å². The van der Waals surface area contributed by atoms with E-state index in [1.807, 2.05) is 0 Å². The van der Waals surface area contributed by atoms with Crippen LogP contribution in [-0.2, 0) is 0 Å². The third-order valence-corrected chi connectivity index (χ3v) is 19.7. The number of hydrogen-bond donors (Lipinski definition) is 0. The van der Waals surface area contributed by atoms with Crippen molar-refractivity contribution in [1.29, 1.82) is 0 Å². The second-order valence-corrected chi connectivity index (χ2v) is 32.7. The second-order valence-electron chi connectivity index (χ2n) is 32.7. The topological polar surface area (TPSA) is 0 Å². The largest absolute Gasteiger partial charge is 0.0885 e. The van der Waals surface area contributed by atoms with Crippen LogP contribution in [0.1, 0.15) is 455 Å². The Morgan fingerprint density at radius 3 is 0.346 bits per heavy atom. The molecule has 0 nitrogen and oxygen atoms in total. The molecule has 0 amide bonds. The van der Waals surface area contributed by atoms with Gasteiger partial charge >= 0.3 is 0 Å². The third kappa shape index (κ3) is 157. The first-order chi connectivity index (χ1) is 64.5. The summed E-state index contributed by atoms with van der Waals surface area (Å²) in [6.45, 7) is 26.7. The van der Waals surface area contributed by atoms with E-state index >= 15 is 0 Å². The van der Waals surface area contributed by atoms with Crippen molar-refractivity contribution in [3.8, 4) is 0 Å². The minimum absolute atomic E-state index is 1.01. The van der Waals surface area contributed by atoms with Crippen LogP contribution < -0.4 is 0 Å². The highest BCUT2D eigenvalue weighted by Crippen LogP contribution is 2.10. The molecule has 0 bridgehead atoms. The monoisotopic (exact) mass is 1770 g/mol. The van der Waals surface area contributed by atoms with E-state index in [0.29, 0.717) is 0 Å². The van der Waals surface area contributed by atoms with Crippen molar-refractivity contribution in [3.05, 3.63) is 365 Å². The highest BCUT2D eigenvalue weighted by Gasteiger charge is 1.90. The summed E-state index contributed by atoms with van der Waals surface area (Å²) in [7, 11) is 0. The van der Waals surface area contributed by atoms with Gasteiger partial charge in [-0.3, -0.25) is 0 Å². The fourth-order valence-corrected chi connectivity index (χ4v) is 11.8. The molecule has 0 N–H and O–H groups in total. The Morgan fingerprint density at radius 1 is 0.0846 bits per heavy atom. The molecule has 0 aliphatic carbocycles. The smallest absolute Gasteiger partial charge is 0.0166 e. The van der Waals surface area contributed by atoms with Crippen molar-refractivity contribution in [1.82, 2.24) is 0 Å². The Kier molecular flexibility index (Phi) is 147. The first-order valence-corrected chi connectivity index (χ1v) is 54.0. The Labute approximate surface area is 814 Å². The van der Waals surface area contributed by atoms with Gasteiger partial charge < -0.3 is 0 Å². The van der Waals surface area contributed by atoms with Gasteiger partial charge in [0.2, 0.25) is 0 Å². The van der Waals surface area contributed by atoms with Gasteiger partial charge in [0, 0.05) is 0 Å². The van der Waals surface area contributed by atoms with E-state index in [1.165, 1.54) is 205 Å². The zero-order valence-corrected chi connectivity index (χ0v) is 87.7. The molecule has 0 heterocycles. The maximum absolute atomic E-state index is 2.33. The highest BCUT2D eigenvalue weighted by molar-refractivity contribution is 5.10. The van der Waals surface area contributed by atoms with Gasteiger partial charge in [-0.1, -0.05) is 563 Å². The average Bonchev–Trinajstić information content (AvgIpc) is 1.13. The molecule has 0 aromatic carbocycles. The minimum atomic E-state index is 1.01. The van der Waals surface area contributed by atoms with Crippen molar-refractivity contribution in [2.24, 2.45) is 0 Å². The Balaban J connectivity index is -0.000000355. The molecule has 0 saturated carbocycles. The summed E-state index contributed by atoms with van der Waals surface area (Å²) in [4.78, 5) is 0. The fourth-order valence-electron chi connectivity index (χ4n) is 11.8. The number of hydrogen-bond acceptors (Lipinski definition) is 0. The molecule has 0 aromatic rings. The summed E-state index contributed by atoms with van der Waals surface area (Å²) in [5, 5.41) is 0. The van der Waals surface area contributed by atoms with Gasteiger partial charge in [0.1, 0.15) is 0 Å². The predicted octanol–water partition coefficient (Wildman–Crippen LogP) is 45.5. The first kappa shape index (κ1) is 133. The summed E-state index contributed by atoms with van der Waals surface area (Å²) < 4.78 is 0. The molecule has 0 atom stereocenters. The van der Waals surface area contributed by atoms with Crippen LogP contribution >= 0.6 is 0 Å². The van der Waals surface area contributed by atoms with Crippen molar-refractivity contribution >= 4 is 0 Å². The normalized spacial score (nSPS) is 13.0. The molecule has 0 aliphatic heterocycles. The summed E-state index contributed by atoms with van der Waals surface area (Å²) in [6.07, 6.45) is 204. The van der Waals surface area contributed by atoms with Crippen LogP contribution in [0.2, 0.25) is 0 Å². The van der Waals surface area contributed by atoms with E-state index < -0.39 is 0 Å². The Morgan fingerprint density at radius 2 is 0.200 bits per heavy atom. The predicted molar refractivity (Wildman–Crippen MR) is 610 cm³/mol. The van der Waals surface area contributed by atoms with Gasteiger partial charge in [0.25, 0.3) is 0 Å². The van der Waals surface area contributed by atoms with Crippen molar-refractivity contribution in [2.45, 2.75) is 455 Å². The number of unbranched alkanes of at least 4 members (excludes halogenated alkanes) is 23. The summed E-state index contributed by atoms with van der Waals surface area (Å²) in [5.74, 6) is 0. The molecule has 0 spiro atoms. The van der Waals surface area contributed by atoms with Crippen LogP contribution in [0, 0.1) is 0 Å². The lowest BCUT2D eigenvalue weighted by molar-refractivity contribution is 0.674. The second kappa shape index (κ2) is 144. The van der Waals surface area contributed by atoms with Gasteiger partial charge in [-0.15, -0.1) is 0 Å². The van der Waals surface area contributed by atoms with E-state index in [4.69, 9.17) is 0 Å². The number of rotatable bonds is 82. The maximum Gasteiger partial charge on any atom is -0.0166 e. The highest BCUT2D eigenvalue weighted by atomic mass is 14.0. The van der Waals surface area contributed by atoms with Crippen molar-refractivity contribution in [2.75, 3.05) is 0 Å². The zero-order valence-electron chi connectivity index (χ0n) is 87.7. The lowest BCUT2D eigenvalue weighted by atomic mass is 10.1. The number of allylic oxidation sites excluding steroid dienone is 60. The van der Waals surface area contributed by atoms with Crippen LogP contribution in [0.25, 0.3) is 0 Å². The molecule has 130 heavy (non-hydrogen) atoms. The van der Waals surface area contributed by atoms with Crippen LogP contribution in [0.3, 0.4) is 0 Å². The molecule has 0 aromatic heterocycles. The summed E-state index contributed by atoms with van der Waals surface area (Å²) in [6, 6.07) is 0. The van der Waals surface area contributed by atoms with E-state index in [9.17, 15) is 0 Å². The molecule has 732 valence electrons. The minimum Gasteiger partial charge on any atom is -0.0885 e. The van der Waals surface area contributed by atoms with Gasteiger partial charge in [-0.25, -0.2) is 0 Å². The van der Waals surface area contributed by atoms with E-state index in [1.54, 1.807) is 0 Å². The van der Waals surface area contributed by atoms with Crippen molar-refractivity contribution < 1.29 is 0 Å². The fraction of sp³-hybridized carbons (Fsp3) is 0.538. The average molecular weight is 1780 g/mol. The molecule has 0 heteroatoms. The van der Waals surface area contributed by atoms with Gasteiger partial charge in [0.15, 0.2) is 0 Å². The third-order valence-electron chi connectivity index (χ3n) is 19.7. The van der Waals surface area contributed by atoms with Crippen LogP contribution in [0.15, 0.2) is 365 Å². The Hall–Kier alpha value is -7.80. The quantitative estimate of drug-likeness (QED) is 0.0323. The molecule has 0 rings (SSSR count). The van der Waals surface area contributed by atoms with E-state index in [-0.39, 0.29) is 0 Å². The maximum atomic E-state index is 2.33. The van der Waals surface area contributed by atoms with Crippen LogP contribution in [0.5, 0.6) is 0 Å². The molecular formula is C130H212. The van der Waals surface area contributed by atoms with Crippen LogP contribution in [-0.4, -0.2) is 0 Å². The molecule has 0 unspecified atom stereocenters. The molecule has 0 aliphatic rings. The SMILES string of the molecule is CCC=CCC=CC=CCC=CCC=CCC=CCCC.CCC=CCC=CCC=CCC=CCC=CCCCC.CCC=CCC=CCC=CCC=CCC=CCCCCCC.CCCC=CCC=CCC=CCC=CCC=CCCCCC.CCCCC=CCC=CCC=CCC=CCC=CCCCCC.CCCCCC=CCC=CCC=CCC=CCCCCCC. The zero-order chi connectivity index (χ0) is 95.4. The first-order valence-electron chi connectivity index (χ1n) is 54.0.